The maximum atomic E-state index is 6.08. The van der Waals surface area contributed by atoms with Gasteiger partial charge in [0.15, 0.2) is 0 Å². The molecule has 0 amide bonds. The summed E-state index contributed by atoms with van der Waals surface area (Å²) in [4.78, 5) is 4.58. The van der Waals surface area contributed by atoms with E-state index in [1.807, 2.05) is 30.0 Å². The van der Waals surface area contributed by atoms with Crippen LogP contribution < -0.4 is 0 Å². The average molecular weight is 301 g/mol. The second-order valence-corrected chi connectivity index (χ2v) is 6.49. The fourth-order valence-corrected chi connectivity index (χ4v) is 4.08. The number of nitrogens with zero attached hydrogens (tertiary/aromatic N) is 2. The summed E-state index contributed by atoms with van der Waals surface area (Å²) in [5.74, 6) is 4.64. The number of imidazole rings is 1. The van der Waals surface area contributed by atoms with Gasteiger partial charge in [0.1, 0.15) is 5.82 Å². The van der Waals surface area contributed by atoms with Gasteiger partial charge < -0.3 is 4.57 Å². The van der Waals surface area contributed by atoms with E-state index < -0.39 is 0 Å². The molecule has 1 aliphatic rings. The van der Waals surface area contributed by atoms with E-state index in [1.54, 1.807) is 0 Å². The first kappa shape index (κ1) is 12.6. The lowest BCUT2D eigenvalue weighted by Crippen LogP contribution is -2.12. The molecule has 96 valence electrons. The number of halogens is 2. The van der Waals surface area contributed by atoms with Gasteiger partial charge in [-0.1, -0.05) is 11.6 Å². The number of benzene rings is 1. The molecule has 0 saturated carbocycles. The summed E-state index contributed by atoms with van der Waals surface area (Å²) in [6.45, 7) is 1.01. The van der Waals surface area contributed by atoms with Crippen LogP contribution in [0.2, 0.25) is 5.02 Å². The molecule has 3 rings (SSSR count). The SMILES string of the molecule is ClCc1nc2ccc(Cl)cc2n1CC1CCSC1. The third-order valence-corrected chi connectivity index (χ3v) is 5.08. The van der Waals surface area contributed by atoms with Crippen LogP contribution in [0.3, 0.4) is 0 Å². The summed E-state index contributed by atoms with van der Waals surface area (Å²) in [6, 6.07) is 5.83. The van der Waals surface area contributed by atoms with E-state index in [2.05, 4.69) is 9.55 Å². The molecular formula is C13H14Cl2N2S. The first-order valence-corrected chi connectivity index (χ1v) is 8.13. The van der Waals surface area contributed by atoms with Crippen molar-refractivity contribution in [2.45, 2.75) is 18.8 Å². The largest absolute Gasteiger partial charge is 0.327 e. The molecule has 2 aromatic rings. The van der Waals surface area contributed by atoms with Crippen LogP contribution in [0.25, 0.3) is 11.0 Å². The molecule has 0 aliphatic carbocycles. The minimum Gasteiger partial charge on any atom is -0.327 e. The van der Waals surface area contributed by atoms with E-state index in [-0.39, 0.29) is 0 Å². The first-order valence-electron chi connectivity index (χ1n) is 6.06. The van der Waals surface area contributed by atoms with Gasteiger partial charge in [0, 0.05) is 11.6 Å². The van der Waals surface area contributed by atoms with Crippen LogP contribution >= 0.6 is 35.0 Å². The highest BCUT2D eigenvalue weighted by Gasteiger charge is 2.19. The molecule has 0 N–H and O–H groups in total. The highest BCUT2D eigenvalue weighted by Crippen LogP contribution is 2.28. The Hall–Kier alpha value is -0.380. The van der Waals surface area contributed by atoms with Crippen LogP contribution in [0.5, 0.6) is 0 Å². The number of rotatable bonds is 3. The average Bonchev–Trinajstić information content (AvgIpc) is 2.98. The van der Waals surface area contributed by atoms with Crippen molar-refractivity contribution in [2.75, 3.05) is 11.5 Å². The van der Waals surface area contributed by atoms with E-state index in [9.17, 15) is 0 Å². The minimum atomic E-state index is 0.451. The molecule has 1 unspecified atom stereocenters. The Morgan fingerprint density at radius 2 is 2.33 bits per heavy atom. The molecule has 18 heavy (non-hydrogen) atoms. The van der Waals surface area contributed by atoms with E-state index in [1.165, 1.54) is 17.9 Å². The molecule has 1 fully saturated rings. The van der Waals surface area contributed by atoms with E-state index in [0.717, 1.165) is 34.3 Å². The Morgan fingerprint density at radius 3 is 3.06 bits per heavy atom. The summed E-state index contributed by atoms with van der Waals surface area (Å²) in [7, 11) is 0. The second kappa shape index (κ2) is 5.32. The molecule has 0 radical (unpaired) electrons. The smallest absolute Gasteiger partial charge is 0.124 e. The van der Waals surface area contributed by atoms with E-state index >= 15 is 0 Å². The molecule has 0 spiro atoms. The maximum Gasteiger partial charge on any atom is 0.124 e. The molecule has 2 nitrogen and oxygen atoms in total. The van der Waals surface area contributed by atoms with Crippen LogP contribution in [0.4, 0.5) is 0 Å². The van der Waals surface area contributed by atoms with Crippen molar-refractivity contribution in [3.05, 3.63) is 29.0 Å². The molecule has 1 saturated heterocycles. The zero-order valence-electron chi connectivity index (χ0n) is 9.90. The summed E-state index contributed by atoms with van der Waals surface area (Å²) < 4.78 is 2.24. The Morgan fingerprint density at radius 1 is 1.44 bits per heavy atom. The number of hydrogen-bond donors (Lipinski definition) is 0. The quantitative estimate of drug-likeness (QED) is 0.791. The summed E-state index contributed by atoms with van der Waals surface area (Å²) in [5, 5.41) is 0.755. The Bertz CT molecular complexity index is 561. The van der Waals surface area contributed by atoms with Crippen LogP contribution in [0.15, 0.2) is 18.2 Å². The molecule has 1 aromatic carbocycles. The van der Waals surface area contributed by atoms with Crippen LogP contribution in [-0.2, 0) is 12.4 Å². The van der Waals surface area contributed by atoms with Crippen molar-refractivity contribution in [2.24, 2.45) is 5.92 Å². The lowest BCUT2D eigenvalue weighted by molar-refractivity contribution is 0.493. The lowest BCUT2D eigenvalue weighted by Gasteiger charge is -2.12. The Labute approximate surface area is 121 Å². The molecule has 2 heterocycles. The first-order chi connectivity index (χ1) is 8.78. The van der Waals surface area contributed by atoms with Crippen molar-refractivity contribution in [3.63, 3.8) is 0 Å². The normalized spacial score (nSPS) is 19.8. The molecule has 0 bridgehead atoms. The fraction of sp³-hybridized carbons (Fsp3) is 0.462. The zero-order chi connectivity index (χ0) is 12.5. The van der Waals surface area contributed by atoms with Gasteiger partial charge in [-0.15, -0.1) is 11.6 Å². The topological polar surface area (TPSA) is 17.8 Å². The number of hydrogen-bond acceptors (Lipinski definition) is 2. The van der Waals surface area contributed by atoms with Gasteiger partial charge in [-0.25, -0.2) is 4.98 Å². The molecular weight excluding hydrogens is 287 g/mol. The Balaban J connectivity index is 2.03. The van der Waals surface area contributed by atoms with Crippen molar-refractivity contribution >= 4 is 46.0 Å². The van der Waals surface area contributed by atoms with Gasteiger partial charge >= 0.3 is 0 Å². The number of thioether (sulfide) groups is 1. The second-order valence-electron chi connectivity index (χ2n) is 4.63. The molecule has 1 aromatic heterocycles. The van der Waals surface area contributed by atoms with Crippen molar-refractivity contribution in [3.8, 4) is 0 Å². The molecule has 1 aliphatic heterocycles. The number of fused-ring (bicyclic) bond motifs is 1. The summed E-state index contributed by atoms with van der Waals surface area (Å²) in [5.41, 5.74) is 2.09. The van der Waals surface area contributed by atoms with Gasteiger partial charge in [-0.2, -0.15) is 11.8 Å². The monoisotopic (exact) mass is 300 g/mol. The third-order valence-electron chi connectivity index (χ3n) is 3.37. The summed E-state index contributed by atoms with van der Waals surface area (Å²) in [6.07, 6.45) is 1.28. The summed E-state index contributed by atoms with van der Waals surface area (Å²) >= 11 is 14.1. The van der Waals surface area contributed by atoms with Crippen LogP contribution in [0.1, 0.15) is 12.2 Å². The van der Waals surface area contributed by atoms with Gasteiger partial charge in [0.25, 0.3) is 0 Å². The molecule has 1 atom stereocenters. The number of aromatic nitrogens is 2. The zero-order valence-corrected chi connectivity index (χ0v) is 12.2. The fourth-order valence-electron chi connectivity index (χ4n) is 2.44. The van der Waals surface area contributed by atoms with Crippen LogP contribution in [-0.4, -0.2) is 21.1 Å². The standard InChI is InChI=1S/C13H14Cl2N2S/c14-6-13-16-11-2-1-10(15)5-12(11)17(13)7-9-3-4-18-8-9/h1-2,5,9H,3-4,6-8H2. The minimum absolute atomic E-state index is 0.451. The maximum absolute atomic E-state index is 6.08. The lowest BCUT2D eigenvalue weighted by atomic mass is 10.1. The predicted molar refractivity (Wildman–Crippen MR) is 79.7 cm³/mol. The highest BCUT2D eigenvalue weighted by atomic mass is 35.5. The van der Waals surface area contributed by atoms with Crippen molar-refractivity contribution in [1.29, 1.82) is 0 Å². The Kier molecular flexibility index (Phi) is 3.73. The highest BCUT2D eigenvalue weighted by molar-refractivity contribution is 7.99. The van der Waals surface area contributed by atoms with Gasteiger partial charge in [-0.05, 0) is 42.0 Å². The molecule has 5 heteroatoms. The third kappa shape index (κ3) is 2.36. The van der Waals surface area contributed by atoms with Crippen LogP contribution in [0, 0.1) is 5.92 Å². The van der Waals surface area contributed by atoms with E-state index in [0.29, 0.717) is 5.88 Å². The van der Waals surface area contributed by atoms with E-state index in [4.69, 9.17) is 23.2 Å². The number of alkyl halides is 1. The van der Waals surface area contributed by atoms with Gasteiger partial charge in [0.05, 0.1) is 16.9 Å². The van der Waals surface area contributed by atoms with Gasteiger partial charge in [0.2, 0.25) is 0 Å². The predicted octanol–water partition coefficient (Wildman–Crippen LogP) is 4.18. The van der Waals surface area contributed by atoms with Crippen molar-refractivity contribution < 1.29 is 0 Å². The van der Waals surface area contributed by atoms with Crippen molar-refractivity contribution in [1.82, 2.24) is 9.55 Å². The van der Waals surface area contributed by atoms with Gasteiger partial charge in [-0.3, -0.25) is 0 Å².